The van der Waals surface area contributed by atoms with E-state index in [0.29, 0.717) is 37.6 Å². The fourth-order valence-electron chi connectivity index (χ4n) is 4.77. The van der Waals surface area contributed by atoms with E-state index >= 15 is 0 Å². The van der Waals surface area contributed by atoms with Crippen molar-refractivity contribution in [2.45, 2.75) is 57.0 Å². The minimum absolute atomic E-state index is 0.0464. The molecular weight excluding hydrogens is 554 g/mol. The third-order valence-corrected chi connectivity index (χ3v) is 9.08. The lowest BCUT2D eigenvalue weighted by atomic mass is 10.1. The highest BCUT2D eigenvalue weighted by Crippen LogP contribution is 2.36. The Hall–Kier alpha value is -4.05. The van der Waals surface area contributed by atoms with Crippen LogP contribution in [-0.2, 0) is 26.0 Å². The lowest BCUT2D eigenvalue weighted by molar-refractivity contribution is -0.139. The average Bonchev–Trinajstić information content (AvgIpc) is 3.02. The van der Waals surface area contributed by atoms with Crippen LogP contribution in [0.15, 0.2) is 83.8 Å². The number of carbonyl (C=O) groups excluding carboxylic acids is 2. The van der Waals surface area contributed by atoms with E-state index in [1.165, 1.54) is 17.0 Å². The molecule has 42 heavy (non-hydrogen) atoms. The van der Waals surface area contributed by atoms with Crippen molar-refractivity contribution in [2.24, 2.45) is 0 Å². The third kappa shape index (κ3) is 7.42. The van der Waals surface area contributed by atoms with Crippen molar-refractivity contribution in [1.29, 1.82) is 0 Å². The van der Waals surface area contributed by atoms with E-state index in [1.54, 1.807) is 36.4 Å². The number of amides is 2. The lowest BCUT2D eigenvalue weighted by Gasteiger charge is -2.34. The van der Waals surface area contributed by atoms with E-state index in [0.717, 1.165) is 16.3 Å². The smallest absolute Gasteiger partial charge is 0.264 e. The van der Waals surface area contributed by atoms with Crippen molar-refractivity contribution < 1.29 is 27.5 Å². The fourth-order valence-corrected chi connectivity index (χ4v) is 6.20. The lowest BCUT2D eigenvalue weighted by Crippen LogP contribution is -2.54. The molecule has 0 aromatic heterocycles. The average molecular weight is 594 g/mol. The van der Waals surface area contributed by atoms with Crippen LogP contribution in [0.3, 0.4) is 0 Å². The van der Waals surface area contributed by atoms with E-state index in [9.17, 15) is 18.0 Å². The zero-order valence-corrected chi connectivity index (χ0v) is 25.2. The van der Waals surface area contributed by atoms with Gasteiger partial charge in [0.05, 0.1) is 10.6 Å². The molecule has 1 heterocycles. The van der Waals surface area contributed by atoms with Crippen LogP contribution in [0.4, 0.5) is 5.69 Å². The predicted molar refractivity (Wildman–Crippen MR) is 162 cm³/mol. The number of benzene rings is 3. The Morgan fingerprint density at radius 3 is 2.17 bits per heavy atom. The first-order valence-corrected chi connectivity index (χ1v) is 15.8. The summed E-state index contributed by atoms with van der Waals surface area (Å²) in [6.45, 7) is 6.21. The zero-order valence-electron chi connectivity index (χ0n) is 24.4. The van der Waals surface area contributed by atoms with Gasteiger partial charge in [0.2, 0.25) is 11.8 Å². The molecule has 2 amide bonds. The Morgan fingerprint density at radius 2 is 1.52 bits per heavy atom. The van der Waals surface area contributed by atoms with Crippen molar-refractivity contribution >= 4 is 27.5 Å². The second-order valence-corrected chi connectivity index (χ2v) is 12.1. The highest BCUT2D eigenvalue weighted by atomic mass is 32.2. The molecule has 0 unspecified atom stereocenters. The summed E-state index contributed by atoms with van der Waals surface area (Å²) in [6.07, 6.45) is 1.63. The van der Waals surface area contributed by atoms with Crippen molar-refractivity contribution in [2.75, 3.05) is 30.6 Å². The number of fused-ring (bicyclic) bond motifs is 1. The number of nitrogens with zero attached hydrogens (tertiary/aromatic N) is 2. The maximum Gasteiger partial charge on any atom is 0.264 e. The molecule has 10 heteroatoms. The van der Waals surface area contributed by atoms with Gasteiger partial charge in [-0.25, -0.2) is 8.42 Å². The van der Waals surface area contributed by atoms with Gasteiger partial charge in [0.25, 0.3) is 10.0 Å². The fraction of sp³-hybridized carbons (Fsp3) is 0.375. The monoisotopic (exact) mass is 593 g/mol. The summed E-state index contributed by atoms with van der Waals surface area (Å²) >= 11 is 0. The van der Waals surface area contributed by atoms with Gasteiger partial charge in [0.15, 0.2) is 11.5 Å². The largest absolute Gasteiger partial charge is 0.486 e. The molecule has 4 rings (SSSR count). The van der Waals surface area contributed by atoms with Crippen molar-refractivity contribution in [3.63, 3.8) is 0 Å². The maximum atomic E-state index is 14.2. The zero-order chi connectivity index (χ0) is 30.1. The highest BCUT2D eigenvalue weighted by molar-refractivity contribution is 7.92. The molecular formula is C32H39N3O6S. The molecule has 3 aromatic carbocycles. The van der Waals surface area contributed by atoms with Crippen LogP contribution in [0, 0.1) is 0 Å². The van der Waals surface area contributed by atoms with Crippen LogP contribution in [0.25, 0.3) is 0 Å². The summed E-state index contributed by atoms with van der Waals surface area (Å²) in [5.74, 6) is 0.168. The predicted octanol–water partition coefficient (Wildman–Crippen LogP) is 4.42. The van der Waals surface area contributed by atoms with Gasteiger partial charge < -0.3 is 19.7 Å². The van der Waals surface area contributed by atoms with Gasteiger partial charge in [0.1, 0.15) is 25.8 Å². The Balaban J connectivity index is 1.71. The van der Waals surface area contributed by atoms with E-state index in [4.69, 9.17) is 9.47 Å². The number of rotatable bonds is 13. The Labute approximate surface area is 248 Å². The number of sulfonamides is 1. The molecule has 9 nitrogen and oxygen atoms in total. The second-order valence-electron chi connectivity index (χ2n) is 10.2. The normalized spacial score (nSPS) is 14.0. The first-order valence-electron chi connectivity index (χ1n) is 14.4. The van der Waals surface area contributed by atoms with Crippen LogP contribution in [0.2, 0.25) is 0 Å². The summed E-state index contributed by atoms with van der Waals surface area (Å²) in [6, 6.07) is 21.6. The Bertz CT molecular complexity index is 1450. The molecule has 0 saturated heterocycles. The topological polar surface area (TPSA) is 105 Å². The van der Waals surface area contributed by atoms with Crippen LogP contribution in [0.1, 0.15) is 39.2 Å². The molecule has 3 aromatic rings. The molecule has 1 aliphatic rings. The highest BCUT2D eigenvalue weighted by Gasteiger charge is 2.34. The van der Waals surface area contributed by atoms with Gasteiger partial charge in [-0.15, -0.1) is 0 Å². The SMILES string of the molecule is CC[C@H](C(=O)N[C@@H](C)CC)N(CCc1ccccc1)C(=O)CN(c1ccc2c(c1)OCCO2)S(=O)(=O)c1ccccc1. The molecule has 0 aliphatic carbocycles. The minimum Gasteiger partial charge on any atom is -0.486 e. The molecule has 0 saturated carbocycles. The van der Waals surface area contributed by atoms with Crippen LogP contribution < -0.4 is 19.1 Å². The van der Waals surface area contributed by atoms with Crippen LogP contribution in [-0.4, -0.2) is 63.5 Å². The van der Waals surface area contributed by atoms with Crippen LogP contribution >= 0.6 is 0 Å². The van der Waals surface area contributed by atoms with Crippen LogP contribution in [0.5, 0.6) is 11.5 Å². The third-order valence-electron chi connectivity index (χ3n) is 7.29. The van der Waals surface area contributed by atoms with Gasteiger partial charge in [0, 0.05) is 18.7 Å². The number of hydrogen-bond acceptors (Lipinski definition) is 6. The van der Waals surface area contributed by atoms with E-state index in [1.807, 2.05) is 51.1 Å². The quantitative estimate of drug-likeness (QED) is 0.315. The number of carbonyl (C=O) groups is 2. The summed E-state index contributed by atoms with van der Waals surface area (Å²) in [5, 5.41) is 2.99. The molecule has 0 fully saturated rings. The Kier molecular flexibility index (Phi) is 10.5. The van der Waals surface area contributed by atoms with Crippen molar-refractivity contribution in [3.8, 4) is 11.5 Å². The molecule has 0 spiro atoms. The van der Waals surface area contributed by atoms with E-state index in [-0.39, 0.29) is 29.1 Å². The molecule has 1 aliphatic heterocycles. The van der Waals surface area contributed by atoms with Crippen molar-refractivity contribution in [3.05, 3.63) is 84.4 Å². The minimum atomic E-state index is -4.16. The number of hydrogen-bond donors (Lipinski definition) is 1. The first kappa shape index (κ1) is 30.9. The van der Waals surface area contributed by atoms with Gasteiger partial charge in [-0.1, -0.05) is 62.4 Å². The van der Waals surface area contributed by atoms with Gasteiger partial charge in [-0.2, -0.15) is 0 Å². The number of ether oxygens (including phenoxy) is 2. The standard InChI is InChI=1S/C32H39N3O6S/c1-4-24(3)33-32(37)28(5-2)34(19-18-25-12-8-6-9-13-25)31(36)23-35(42(38,39)27-14-10-7-11-15-27)26-16-17-29-30(22-26)41-21-20-40-29/h6-17,22,24,28H,4-5,18-21,23H2,1-3H3,(H,33,37)/t24-,28+/m0/s1. The van der Waals surface area contributed by atoms with Gasteiger partial charge in [-0.3, -0.25) is 13.9 Å². The summed E-state index contributed by atoms with van der Waals surface area (Å²) in [7, 11) is -4.16. The number of nitrogens with one attached hydrogen (secondary N) is 1. The molecule has 224 valence electrons. The van der Waals surface area contributed by atoms with E-state index in [2.05, 4.69) is 5.32 Å². The maximum absolute atomic E-state index is 14.2. The van der Waals surface area contributed by atoms with Crippen molar-refractivity contribution in [1.82, 2.24) is 10.2 Å². The Morgan fingerprint density at radius 1 is 0.881 bits per heavy atom. The van der Waals surface area contributed by atoms with E-state index < -0.39 is 28.5 Å². The second kappa shape index (κ2) is 14.2. The molecule has 2 atom stereocenters. The molecule has 0 radical (unpaired) electrons. The van der Waals surface area contributed by atoms with Gasteiger partial charge in [-0.05, 0) is 56.0 Å². The summed E-state index contributed by atoms with van der Waals surface area (Å²) in [5.41, 5.74) is 1.27. The first-order chi connectivity index (χ1) is 20.2. The molecule has 0 bridgehead atoms. The molecule has 1 N–H and O–H groups in total. The summed E-state index contributed by atoms with van der Waals surface area (Å²) in [4.78, 5) is 29.1. The number of anilines is 1. The summed E-state index contributed by atoms with van der Waals surface area (Å²) < 4.78 is 40.4. The van der Waals surface area contributed by atoms with Gasteiger partial charge >= 0.3 is 0 Å².